The molecule has 0 N–H and O–H groups in total. The molecule has 0 bridgehead atoms. The highest BCUT2D eigenvalue weighted by Gasteiger charge is 2.22. The van der Waals surface area contributed by atoms with Gasteiger partial charge in [-0.1, -0.05) is 54.6 Å². The van der Waals surface area contributed by atoms with E-state index in [0.29, 0.717) is 11.9 Å². The Bertz CT molecular complexity index is 1220. The molecule has 3 aromatic carbocycles. The summed E-state index contributed by atoms with van der Waals surface area (Å²) in [5, 5.41) is 2.12. The van der Waals surface area contributed by atoms with Gasteiger partial charge in [-0.15, -0.1) is 0 Å². The number of aldehydes is 1. The minimum atomic E-state index is -0.446. The molecule has 0 aliphatic heterocycles. The van der Waals surface area contributed by atoms with Crippen LogP contribution in [0.25, 0.3) is 11.6 Å². The van der Waals surface area contributed by atoms with Crippen LogP contribution < -0.4 is 10.4 Å². The molecule has 0 unspecified atom stereocenters. The molecule has 26 heavy (non-hydrogen) atoms. The molecule has 124 valence electrons. The number of carbonyl (C=O) groups is 2. The van der Waals surface area contributed by atoms with Crippen molar-refractivity contribution in [3.63, 3.8) is 0 Å². The molecule has 2 heteroatoms. The molecule has 0 saturated heterocycles. The summed E-state index contributed by atoms with van der Waals surface area (Å²) in [4.78, 5) is 23.7. The molecule has 0 fully saturated rings. The Morgan fingerprint density at radius 3 is 2.38 bits per heavy atom. The Morgan fingerprint density at radius 1 is 0.808 bits per heavy atom. The Labute approximate surface area is 151 Å². The van der Waals surface area contributed by atoms with Gasteiger partial charge in [0, 0.05) is 5.57 Å². The zero-order chi connectivity index (χ0) is 17.7. The fourth-order valence-electron chi connectivity index (χ4n) is 4.18. The van der Waals surface area contributed by atoms with Crippen LogP contribution in [0, 0.1) is 0 Å². The van der Waals surface area contributed by atoms with Crippen molar-refractivity contribution in [1.82, 2.24) is 0 Å². The predicted molar refractivity (Wildman–Crippen MR) is 101 cm³/mol. The number of rotatable bonds is 2. The summed E-state index contributed by atoms with van der Waals surface area (Å²) in [7, 11) is 0. The first-order chi connectivity index (χ1) is 12.7. The van der Waals surface area contributed by atoms with Gasteiger partial charge in [0.25, 0.3) is 0 Å². The SMILES string of the molecule is O=CC(=O)C1=c2cc3c(cc2Cc2ccccc21)=Cc1ccccc1C3. The molecule has 2 aliphatic rings. The van der Waals surface area contributed by atoms with Crippen molar-refractivity contribution in [2.45, 2.75) is 12.8 Å². The van der Waals surface area contributed by atoms with Crippen molar-refractivity contribution in [2.24, 2.45) is 0 Å². The molecular weight excluding hydrogens is 320 g/mol. The summed E-state index contributed by atoms with van der Waals surface area (Å²) in [6.07, 6.45) is 4.28. The van der Waals surface area contributed by atoms with E-state index in [9.17, 15) is 9.59 Å². The Morgan fingerprint density at radius 2 is 1.54 bits per heavy atom. The molecule has 0 radical (unpaired) electrons. The lowest BCUT2D eigenvalue weighted by atomic mass is 9.82. The third-order valence-corrected chi connectivity index (χ3v) is 5.40. The molecule has 0 saturated carbocycles. The normalized spacial score (nSPS) is 13.6. The van der Waals surface area contributed by atoms with E-state index in [-0.39, 0.29) is 0 Å². The van der Waals surface area contributed by atoms with Gasteiger partial charge in [0.2, 0.25) is 5.78 Å². The third-order valence-electron chi connectivity index (χ3n) is 5.40. The number of fused-ring (bicyclic) bond motifs is 4. The van der Waals surface area contributed by atoms with E-state index >= 15 is 0 Å². The van der Waals surface area contributed by atoms with Crippen LogP contribution in [0.4, 0.5) is 0 Å². The summed E-state index contributed by atoms with van der Waals surface area (Å²) < 4.78 is 0. The van der Waals surface area contributed by atoms with Gasteiger partial charge in [0.05, 0.1) is 0 Å². The van der Waals surface area contributed by atoms with Crippen molar-refractivity contribution in [1.29, 1.82) is 0 Å². The third kappa shape index (κ3) is 2.19. The van der Waals surface area contributed by atoms with E-state index < -0.39 is 5.78 Å². The van der Waals surface area contributed by atoms with Gasteiger partial charge < -0.3 is 0 Å². The first-order valence-corrected chi connectivity index (χ1v) is 8.78. The quantitative estimate of drug-likeness (QED) is 0.416. The Balaban J connectivity index is 1.85. The van der Waals surface area contributed by atoms with Crippen LogP contribution in [0.5, 0.6) is 0 Å². The van der Waals surface area contributed by atoms with Crippen LogP contribution in [0.2, 0.25) is 0 Å². The molecule has 0 heterocycles. The smallest absolute Gasteiger partial charge is 0.226 e. The maximum Gasteiger partial charge on any atom is 0.226 e. The van der Waals surface area contributed by atoms with Crippen LogP contribution in [0.3, 0.4) is 0 Å². The van der Waals surface area contributed by atoms with Crippen LogP contribution in [0.15, 0.2) is 60.7 Å². The zero-order valence-corrected chi connectivity index (χ0v) is 14.2. The molecule has 2 aliphatic carbocycles. The number of Topliss-reactive ketones (excluding diaryl/α,β-unsaturated/α-hetero) is 1. The average Bonchev–Trinajstić information content (AvgIpc) is 2.68. The van der Waals surface area contributed by atoms with Gasteiger partial charge in [-0.25, -0.2) is 0 Å². The van der Waals surface area contributed by atoms with E-state index in [2.05, 4.69) is 42.5 Å². The molecule has 0 aromatic heterocycles. The molecule has 2 nitrogen and oxygen atoms in total. The van der Waals surface area contributed by atoms with E-state index in [1.807, 2.05) is 24.3 Å². The van der Waals surface area contributed by atoms with Crippen LogP contribution in [-0.4, -0.2) is 12.1 Å². The van der Waals surface area contributed by atoms with Crippen molar-refractivity contribution >= 4 is 23.7 Å². The highest BCUT2D eigenvalue weighted by molar-refractivity contribution is 6.46. The summed E-state index contributed by atoms with van der Waals surface area (Å²) >= 11 is 0. The van der Waals surface area contributed by atoms with Crippen LogP contribution >= 0.6 is 0 Å². The van der Waals surface area contributed by atoms with E-state index in [1.165, 1.54) is 21.9 Å². The second-order valence-corrected chi connectivity index (χ2v) is 6.92. The number of carbonyl (C=O) groups excluding carboxylic acids is 2. The van der Waals surface area contributed by atoms with Gasteiger partial charge in [-0.2, -0.15) is 0 Å². The molecule has 0 amide bonds. The Hall–Kier alpha value is -3.26. The van der Waals surface area contributed by atoms with Crippen molar-refractivity contribution in [3.8, 4) is 0 Å². The predicted octanol–water partition coefficient (Wildman–Crippen LogP) is 2.29. The van der Waals surface area contributed by atoms with Crippen molar-refractivity contribution < 1.29 is 9.59 Å². The molecule has 0 atom stereocenters. The number of ketones is 1. The minimum absolute atomic E-state index is 0.433. The zero-order valence-electron chi connectivity index (χ0n) is 14.2. The largest absolute Gasteiger partial charge is 0.294 e. The lowest BCUT2D eigenvalue weighted by Gasteiger charge is -2.21. The van der Waals surface area contributed by atoms with Gasteiger partial charge in [0.15, 0.2) is 6.29 Å². The minimum Gasteiger partial charge on any atom is -0.294 e. The van der Waals surface area contributed by atoms with Gasteiger partial charge in [-0.05, 0) is 68.8 Å². The summed E-state index contributed by atoms with van der Waals surface area (Å²) in [6, 6.07) is 20.6. The Kier molecular flexibility index (Phi) is 3.26. The number of benzene rings is 3. The van der Waals surface area contributed by atoms with Crippen molar-refractivity contribution in [2.75, 3.05) is 0 Å². The number of hydrogen-bond donors (Lipinski definition) is 0. The second kappa shape index (κ2) is 5.63. The molecule has 0 spiro atoms. The van der Waals surface area contributed by atoms with E-state index in [1.54, 1.807) is 0 Å². The lowest BCUT2D eigenvalue weighted by molar-refractivity contribution is -0.126. The molecular formula is C24H16O2. The van der Waals surface area contributed by atoms with Crippen LogP contribution in [-0.2, 0) is 22.4 Å². The maximum absolute atomic E-state index is 12.4. The first kappa shape index (κ1) is 15.0. The van der Waals surface area contributed by atoms with Gasteiger partial charge >= 0.3 is 0 Å². The van der Waals surface area contributed by atoms with Gasteiger partial charge in [0.1, 0.15) is 0 Å². The average molecular weight is 336 g/mol. The topological polar surface area (TPSA) is 34.1 Å². The van der Waals surface area contributed by atoms with Crippen molar-refractivity contribution in [3.05, 3.63) is 104 Å². The standard InChI is InChI=1S/C24H16O2/c25-14-23(26)24-21-8-4-3-7-17(21)11-20-12-18-9-15-5-1-2-6-16(15)10-19(18)13-22(20)24/h1-9,12-14H,10-11H2. The lowest BCUT2D eigenvalue weighted by Crippen LogP contribution is -2.30. The fraction of sp³-hybridized carbons (Fsp3) is 0.0833. The monoisotopic (exact) mass is 336 g/mol. The molecule has 5 rings (SSSR count). The highest BCUT2D eigenvalue weighted by Crippen LogP contribution is 2.25. The summed E-state index contributed by atoms with van der Waals surface area (Å²) in [6.45, 7) is 0. The van der Waals surface area contributed by atoms with Gasteiger partial charge in [-0.3, -0.25) is 9.59 Å². The van der Waals surface area contributed by atoms with E-state index in [4.69, 9.17) is 0 Å². The summed E-state index contributed by atoms with van der Waals surface area (Å²) in [5.74, 6) is -0.446. The second-order valence-electron chi connectivity index (χ2n) is 6.92. The van der Waals surface area contributed by atoms with Crippen LogP contribution in [0.1, 0.15) is 33.4 Å². The summed E-state index contributed by atoms with van der Waals surface area (Å²) in [5.41, 5.74) is 7.39. The fourth-order valence-corrected chi connectivity index (χ4v) is 4.18. The maximum atomic E-state index is 12.4. The number of hydrogen-bond acceptors (Lipinski definition) is 2. The molecule has 3 aromatic rings. The first-order valence-electron chi connectivity index (χ1n) is 8.78. The van der Waals surface area contributed by atoms with E-state index in [0.717, 1.165) is 34.8 Å². The highest BCUT2D eigenvalue weighted by atomic mass is 16.2.